The van der Waals surface area contributed by atoms with Crippen LogP contribution in [0.25, 0.3) is 0 Å². The van der Waals surface area contributed by atoms with E-state index in [1.165, 1.54) is 13.0 Å². The Hall–Kier alpha value is -2.09. The van der Waals surface area contributed by atoms with Crippen molar-refractivity contribution in [1.82, 2.24) is 4.98 Å². The molecule has 0 aliphatic carbocycles. The number of carbonyl (C=O) groups is 1. The van der Waals surface area contributed by atoms with E-state index >= 15 is 0 Å². The summed E-state index contributed by atoms with van der Waals surface area (Å²) >= 11 is 0. The van der Waals surface area contributed by atoms with Crippen molar-refractivity contribution in [2.75, 3.05) is 11.9 Å². The van der Waals surface area contributed by atoms with Gasteiger partial charge >= 0.3 is 6.18 Å². The van der Waals surface area contributed by atoms with E-state index in [2.05, 4.69) is 11.9 Å². The molecule has 0 bridgehead atoms. The Labute approximate surface area is 112 Å². The molecule has 0 unspecified atom stereocenters. The van der Waals surface area contributed by atoms with Crippen LogP contribution in [0, 0.1) is 0 Å². The monoisotopic (exact) mass is 290 g/mol. The van der Waals surface area contributed by atoms with Gasteiger partial charge in [-0.3, -0.25) is 9.59 Å². The molecule has 5 nitrogen and oxygen atoms in total. The van der Waals surface area contributed by atoms with Gasteiger partial charge in [0.2, 0.25) is 0 Å². The number of halogens is 3. The number of amides is 1. The van der Waals surface area contributed by atoms with Crippen molar-refractivity contribution in [2.45, 2.75) is 19.2 Å². The van der Waals surface area contributed by atoms with Crippen LogP contribution in [0.1, 0.15) is 12.5 Å². The highest BCUT2D eigenvalue weighted by Crippen LogP contribution is 2.29. The molecule has 0 aliphatic heterocycles. The summed E-state index contributed by atoms with van der Waals surface area (Å²) in [5, 5.41) is 2.09. The van der Waals surface area contributed by atoms with Crippen LogP contribution in [-0.2, 0) is 15.7 Å². The minimum absolute atomic E-state index is 0.105. The zero-order valence-corrected chi connectivity index (χ0v) is 10.6. The zero-order valence-electron chi connectivity index (χ0n) is 10.6. The first kappa shape index (κ1) is 16.0. The Bertz CT molecular complexity index is 552. The van der Waals surface area contributed by atoms with E-state index in [-0.39, 0.29) is 6.61 Å². The lowest BCUT2D eigenvalue weighted by molar-refractivity contribution is -0.137. The quantitative estimate of drug-likeness (QED) is 0.814. The molecule has 0 saturated carbocycles. The molecule has 0 fully saturated rings. The van der Waals surface area contributed by atoms with Crippen LogP contribution in [0.2, 0.25) is 0 Å². The number of alkyl halides is 3. The molecule has 110 valence electrons. The van der Waals surface area contributed by atoms with Gasteiger partial charge in [-0.1, -0.05) is 6.08 Å². The normalized spacial score (nSPS) is 12.8. The average molecular weight is 290 g/mol. The highest BCUT2D eigenvalue weighted by atomic mass is 19.4. The second kappa shape index (κ2) is 6.38. The van der Waals surface area contributed by atoms with Gasteiger partial charge in [-0.25, -0.2) is 0 Å². The molecule has 1 atom stereocenters. The molecule has 1 heterocycles. The fourth-order valence-corrected chi connectivity index (χ4v) is 1.26. The van der Waals surface area contributed by atoms with Gasteiger partial charge in [0.15, 0.2) is 0 Å². The number of H-pyrrole nitrogens is 1. The fraction of sp³-hybridized carbons (Fsp3) is 0.333. The Morgan fingerprint density at radius 1 is 1.60 bits per heavy atom. The number of hydrogen-bond acceptors (Lipinski definition) is 3. The van der Waals surface area contributed by atoms with Crippen molar-refractivity contribution < 1.29 is 22.7 Å². The van der Waals surface area contributed by atoms with Gasteiger partial charge < -0.3 is 15.0 Å². The van der Waals surface area contributed by atoms with Gasteiger partial charge in [0.05, 0.1) is 12.2 Å². The van der Waals surface area contributed by atoms with E-state index in [1.807, 2.05) is 4.98 Å². The summed E-state index contributed by atoms with van der Waals surface area (Å²) in [6, 6.07) is 0.566. The molecule has 8 heteroatoms. The molecule has 0 aromatic carbocycles. The van der Waals surface area contributed by atoms with E-state index in [1.54, 1.807) is 0 Å². The Balaban J connectivity index is 2.89. The highest BCUT2D eigenvalue weighted by molar-refractivity contribution is 5.93. The standard InChI is InChI=1S/C12H13F3N2O3/c1-3-4-20-7(2)10(18)17-9-5-8(12(13,14)15)6-16-11(9)19/h3,5-7H,1,4H2,2H3,(H,16,19)(H,17,18)/t7-/m0/s1. The number of nitrogens with one attached hydrogen (secondary N) is 2. The Kier molecular flexibility index (Phi) is 5.09. The van der Waals surface area contributed by atoms with Gasteiger partial charge in [0, 0.05) is 6.20 Å². The summed E-state index contributed by atoms with van der Waals surface area (Å²) in [7, 11) is 0. The lowest BCUT2D eigenvalue weighted by atomic mass is 10.2. The third-order valence-electron chi connectivity index (χ3n) is 2.32. The fourth-order valence-electron chi connectivity index (χ4n) is 1.26. The summed E-state index contributed by atoms with van der Waals surface area (Å²) < 4.78 is 42.5. The maximum Gasteiger partial charge on any atom is 0.417 e. The van der Waals surface area contributed by atoms with Crippen molar-refractivity contribution in [3.05, 3.63) is 40.8 Å². The van der Waals surface area contributed by atoms with E-state index in [9.17, 15) is 22.8 Å². The van der Waals surface area contributed by atoms with E-state index in [4.69, 9.17) is 4.74 Å². The molecule has 1 rings (SSSR count). The minimum Gasteiger partial charge on any atom is -0.365 e. The van der Waals surface area contributed by atoms with Crippen LogP contribution in [-0.4, -0.2) is 23.6 Å². The molecule has 0 aliphatic rings. The lowest BCUT2D eigenvalue weighted by Gasteiger charge is -2.13. The maximum absolute atomic E-state index is 12.5. The first-order valence-corrected chi connectivity index (χ1v) is 5.59. The molecule has 1 aromatic heterocycles. The van der Waals surface area contributed by atoms with Gasteiger partial charge in [-0.15, -0.1) is 6.58 Å². The summed E-state index contributed by atoms with van der Waals surface area (Å²) in [6.07, 6.45) is -3.59. The number of carbonyl (C=O) groups excluding carboxylic acids is 1. The minimum atomic E-state index is -4.62. The van der Waals surface area contributed by atoms with Gasteiger partial charge in [0.25, 0.3) is 11.5 Å². The van der Waals surface area contributed by atoms with Gasteiger partial charge in [0.1, 0.15) is 11.8 Å². The van der Waals surface area contributed by atoms with Crippen LogP contribution < -0.4 is 10.9 Å². The second-order valence-corrected chi connectivity index (χ2v) is 3.88. The van der Waals surface area contributed by atoms with Gasteiger partial charge in [-0.05, 0) is 13.0 Å². The van der Waals surface area contributed by atoms with Crippen LogP contribution in [0.3, 0.4) is 0 Å². The molecule has 1 aromatic rings. The first-order valence-electron chi connectivity index (χ1n) is 5.59. The van der Waals surface area contributed by atoms with Crippen LogP contribution >= 0.6 is 0 Å². The van der Waals surface area contributed by atoms with Gasteiger partial charge in [-0.2, -0.15) is 13.2 Å². The predicted octanol–water partition coefficient (Wildman–Crippen LogP) is 1.92. The van der Waals surface area contributed by atoms with Crippen molar-refractivity contribution >= 4 is 11.6 Å². The third-order valence-corrected chi connectivity index (χ3v) is 2.32. The van der Waals surface area contributed by atoms with Crippen molar-refractivity contribution in [3.8, 4) is 0 Å². The molecule has 0 radical (unpaired) electrons. The summed E-state index contributed by atoms with van der Waals surface area (Å²) in [5.41, 5.74) is -2.38. The molecule has 1 amide bonds. The molecule has 0 spiro atoms. The first-order chi connectivity index (χ1) is 9.25. The van der Waals surface area contributed by atoms with Crippen molar-refractivity contribution in [2.24, 2.45) is 0 Å². The molecular formula is C12H13F3N2O3. The van der Waals surface area contributed by atoms with Crippen LogP contribution in [0.15, 0.2) is 29.7 Å². The van der Waals surface area contributed by atoms with Crippen LogP contribution in [0.4, 0.5) is 18.9 Å². The molecule has 20 heavy (non-hydrogen) atoms. The number of aromatic amines is 1. The molecular weight excluding hydrogens is 277 g/mol. The average Bonchev–Trinajstić information content (AvgIpc) is 2.37. The van der Waals surface area contributed by atoms with Crippen LogP contribution in [0.5, 0.6) is 0 Å². The third kappa shape index (κ3) is 4.23. The lowest BCUT2D eigenvalue weighted by Crippen LogP contribution is -2.30. The van der Waals surface area contributed by atoms with Crippen molar-refractivity contribution in [1.29, 1.82) is 0 Å². The largest absolute Gasteiger partial charge is 0.417 e. The van der Waals surface area contributed by atoms with E-state index in [0.29, 0.717) is 12.3 Å². The highest BCUT2D eigenvalue weighted by Gasteiger charge is 2.31. The van der Waals surface area contributed by atoms with Crippen molar-refractivity contribution in [3.63, 3.8) is 0 Å². The Morgan fingerprint density at radius 3 is 2.80 bits per heavy atom. The predicted molar refractivity (Wildman–Crippen MR) is 66.3 cm³/mol. The molecule has 2 N–H and O–H groups in total. The maximum atomic E-state index is 12.5. The number of rotatable bonds is 5. The SMILES string of the molecule is C=CCO[C@@H](C)C(=O)Nc1cc(C(F)(F)F)c[nH]c1=O. The van der Waals surface area contributed by atoms with E-state index in [0.717, 1.165) is 0 Å². The number of anilines is 1. The zero-order chi connectivity index (χ0) is 15.3. The Morgan fingerprint density at radius 2 is 2.25 bits per heavy atom. The number of aromatic nitrogens is 1. The van der Waals surface area contributed by atoms with E-state index < -0.39 is 35.0 Å². The topological polar surface area (TPSA) is 71.2 Å². The smallest absolute Gasteiger partial charge is 0.365 e. The summed E-state index contributed by atoms with van der Waals surface area (Å²) in [5.74, 6) is -0.725. The number of hydrogen-bond donors (Lipinski definition) is 2. The summed E-state index contributed by atoms with van der Waals surface area (Å²) in [4.78, 5) is 24.9. The molecule has 0 saturated heterocycles. The summed E-state index contributed by atoms with van der Waals surface area (Å²) in [6.45, 7) is 4.90. The second-order valence-electron chi connectivity index (χ2n) is 3.88. The number of pyridine rings is 1. The number of ether oxygens (including phenoxy) is 1.